The molecule has 2 aliphatic rings. The zero-order valence-corrected chi connectivity index (χ0v) is 17.0. The predicted octanol–water partition coefficient (Wildman–Crippen LogP) is 4.60. The van der Waals surface area contributed by atoms with E-state index in [9.17, 15) is 9.59 Å². The summed E-state index contributed by atoms with van der Waals surface area (Å²) in [5, 5.41) is 2.98. The number of nitrogens with one attached hydrogen (secondary N) is 1. The summed E-state index contributed by atoms with van der Waals surface area (Å²) < 4.78 is 0. The van der Waals surface area contributed by atoms with Crippen LogP contribution in [-0.4, -0.2) is 41.4 Å². The third kappa shape index (κ3) is 4.44. The molecule has 2 atom stereocenters. The predicted molar refractivity (Wildman–Crippen MR) is 115 cm³/mol. The van der Waals surface area contributed by atoms with Crippen molar-refractivity contribution in [1.29, 1.82) is 0 Å². The van der Waals surface area contributed by atoms with Gasteiger partial charge in [0, 0.05) is 25.3 Å². The van der Waals surface area contributed by atoms with Crippen LogP contribution in [0.25, 0.3) is 0 Å². The Morgan fingerprint density at radius 1 is 0.966 bits per heavy atom. The van der Waals surface area contributed by atoms with Gasteiger partial charge in [-0.15, -0.1) is 0 Å². The number of rotatable bonds is 3. The maximum absolute atomic E-state index is 13.3. The quantitative estimate of drug-likeness (QED) is 0.831. The monoisotopic (exact) mass is 391 g/mol. The number of hydrogen-bond donors (Lipinski definition) is 1. The molecule has 29 heavy (non-hydrogen) atoms. The van der Waals surface area contributed by atoms with Gasteiger partial charge in [-0.2, -0.15) is 0 Å². The molecule has 0 saturated carbocycles. The van der Waals surface area contributed by atoms with E-state index in [-0.39, 0.29) is 23.9 Å². The fourth-order valence-corrected chi connectivity index (χ4v) is 4.58. The molecule has 2 heterocycles. The van der Waals surface area contributed by atoms with Crippen LogP contribution >= 0.6 is 0 Å². The first kappa shape index (κ1) is 19.5. The number of piperidine rings is 1. The molecule has 3 amide bonds. The second-order valence-electron chi connectivity index (χ2n) is 8.19. The topological polar surface area (TPSA) is 52.7 Å². The van der Waals surface area contributed by atoms with E-state index in [0.29, 0.717) is 13.1 Å². The molecule has 2 aliphatic heterocycles. The highest BCUT2D eigenvalue weighted by Crippen LogP contribution is 2.34. The van der Waals surface area contributed by atoms with Crippen molar-refractivity contribution in [2.75, 3.05) is 25.0 Å². The Balaban J connectivity index is 1.41. The van der Waals surface area contributed by atoms with Gasteiger partial charge in [-0.3, -0.25) is 4.79 Å². The summed E-state index contributed by atoms with van der Waals surface area (Å²) in [5.74, 6) is 0.0840. The van der Waals surface area contributed by atoms with Crippen molar-refractivity contribution in [3.05, 3.63) is 65.7 Å². The summed E-state index contributed by atoms with van der Waals surface area (Å²) in [6.45, 7) is 4.01. The lowest BCUT2D eigenvalue weighted by molar-refractivity contribution is -0.137. The zero-order chi connectivity index (χ0) is 20.2. The van der Waals surface area contributed by atoms with Crippen LogP contribution in [0, 0.1) is 12.8 Å². The SMILES string of the molecule is Cc1cccc(NC(=O)N2CCCC(C(=O)N3CCCC3c3ccccc3)C2)c1. The fourth-order valence-electron chi connectivity index (χ4n) is 4.58. The molecule has 152 valence electrons. The smallest absolute Gasteiger partial charge is 0.321 e. The van der Waals surface area contributed by atoms with E-state index in [1.807, 2.05) is 54.3 Å². The van der Waals surface area contributed by atoms with Crippen LogP contribution in [0.15, 0.2) is 54.6 Å². The Hall–Kier alpha value is -2.82. The second kappa shape index (κ2) is 8.68. The van der Waals surface area contributed by atoms with E-state index in [2.05, 4.69) is 17.4 Å². The van der Waals surface area contributed by atoms with Gasteiger partial charge in [0.15, 0.2) is 0 Å². The lowest BCUT2D eigenvalue weighted by Gasteiger charge is -2.35. The number of aryl methyl sites for hydroxylation is 1. The molecule has 0 spiro atoms. The van der Waals surface area contributed by atoms with Crippen LogP contribution in [0.5, 0.6) is 0 Å². The van der Waals surface area contributed by atoms with Crippen LogP contribution < -0.4 is 5.32 Å². The molecule has 0 aromatic heterocycles. The molecule has 2 aromatic rings. The number of amides is 3. The summed E-state index contributed by atoms with van der Waals surface area (Å²) >= 11 is 0. The molecule has 1 N–H and O–H groups in total. The van der Waals surface area contributed by atoms with Gasteiger partial charge < -0.3 is 15.1 Å². The van der Waals surface area contributed by atoms with Crippen molar-refractivity contribution in [3.63, 3.8) is 0 Å². The lowest BCUT2D eigenvalue weighted by Crippen LogP contribution is -2.47. The number of carbonyl (C=O) groups excluding carboxylic acids is 2. The molecule has 2 saturated heterocycles. The van der Waals surface area contributed by atoms with Crippen LogP contribution in [0.4, 0.5) is 10.5 Å². The summed E-state index contributed by atoms with van der Waals surface area (Å²) in [6.07, 6.45) is 3.77. The molecule has 0 radical (unpaired) electrons. The first-order valence-corrected chi connectivity index (χ1v) is 10.6. The molecule has 0 aliphatic carbocycles. The molecule has 5 nitrogen and oxygen atoms in total. The summed E-state index contributed by atoms with van der Waals surface area (Å²) in [6, 6.07) is 18.1. The van der Waals surface area contributed by atoms with Crippen molar-refractivity contribution < 1.29 is 9.59 Å². The average molecular weight is 392 g/mol. The van der Waals surface area contributed by atoms with Gasteiger partial charge in [-0.25, -0.2) is 4.79 Å². The Labute approximate surface area is 172 Å². The summed E-state index contributed by atoms with van der Waals surface area (Å²) in [5.41, 5.74) is 3.12. The Kier molecular flexibility index (Phi) is 5.84. The summed E-state index contributed by atoms with van der Waals surface area (Å²) in [4.78, 5) is 29.9. The van der Waals surface area contributed by atoms with E-state index in [1.54, 1.807) is 4.90 Å². The fraction of sp³-hybridized carbons (Fsp3) is 0.417. The molecular weight excluding hydrogens is 362 g/mol. The van der Waals surface area contributed by atoms with Crippen LogP contribution in [0.3, 0.4) is 0 Å². The van der Waals surface area contributed by atoms with Crippen LogP contribution in [0.1, 0.15) is 42.9 Å². The van der Waals surface area contributed by atoms with Gasteiger partial charge in [0.2, 0.25) is 5.91 Å². The number of carbonyl (C=O) groups is 2. The molecule has 4 rings (SSSR count). The molecule has 2 fully saturated rings. The van der Waals surface area contributed by atoms with Gasteiger partial charge in [-0.1, -0.05) is 42.5 Å². The Bertz CT molecular complexity index is 867. The van der Waals surface area contributed by atoms with E-state index < -0.39 is 0 Å². The highest BCUT2D eigenvalue weighted by molar-refractivity contribution is 5.90. The largest absolute Gasteiger partial charge is 0.335 e. The van der Waals surface area contributed by atoms with Gasteiger partial charge >= 0.3 is 6.03 Å². The number of urea groups is 1. The normalized spacial score (nSPS) is 21.8. The highest BCUT2D eigenvalue weighted by Gasteiger charge is 2.36. The number of benzene rings is 2. The summed E-state index contributed by atoms with van der Waals surface area (Å²) in [7, 11) is 0. The highest BCUT2D eigenvalue weighted by atomic mass is 16.2. The van der Waals surface area contributed by atoms with Crippen molar-refractivity contribution in [3.8, 4) is 0 Å². The molecule has 2 aromatic carbocycles. The van der Waals surface area contributed by atoms with Crippen molar-refractivity contribution in [2.45, 2.75) is 38.6 Å². The lowest BCUT2D eigenvalue weighted by atomic mass is 9.95. The molecule has 5 heteroatoms. The van der Waals surface area contributed by atoms with E-state index in [4.69, 9.17) is 0 Å². The number of nitrogens with zero attached hydrogens (tertiary/aromatic N) is 2. The maximum atomic E-state index is 13.3. The minimum absolute atomic E-state index is 0.115. The van der Waals surface area contributed by atoms with Gasteiger partial charge in [0.05, 0.1) is 12.0 Å². The number of likely N-dealkylation sites (tertiary alicyclic amines) is 2. The Morgan fingerprint density at radius 3 is 2.55 bits per heavy atom. The second-order valence-corrected chi connectivity index (χ2v) is 8.19. The van der Waals surface area contributed by atoms with Gasteiger partial charge in [0.1, 0.15) is 0 Å². The van der Waals surface area contributed by atoms with Crippen molar-refractivity contribution in [2.24, 2.45) is 5.92 Å². The van der Waals surface area contributed by atoms with Crippen LogP contribution in [-0.2, 0) is 4.79 Å². The third-order valence-corrected chi connectivity index (χ3v) is 6.05. The molecule has 0 bridgehead atoms. The number of hydrogen-bond acceptors (Lipinski definition) is 2. The van der Waals surface area contributed by atoms with Crippen LogP contribution in [0.2, 0.25) is 0 Å². The minimum Gasteiger partial charge on any atom is -0.335 e. The Morgan fingerprint density at radius 2 is 1.76 bits per heavy atom. The third-order valence-electron chi connectivity index (χ3n) is 6.05. The molecular formula is C24H29N3O2. The average Bonchev–Trinajstić information content (AvgIpc) is 3.24. The number of anilines is 1. The first-order chi connectivity index (χ1) is 14.1. The van der Waals surface area contributed by atoms with E-state index in [0.717, 1.165) is 43.5 Å². The van der Waals surface area contributed by atoms with Gasteiger partial charge in [0.25, 0.3) is 0 Å². The van der Waals surface area contributed by atoms with E-state index in [1.165, 1.54) is 5.56 Å². The maximum Gasteiger partial charge on any atom is 0.321 e. The molecule has 2 unspecified atom stereocenters. The standard InChI is InChI=1S/C24H29N3O2/c1-18-8-5-12-21(16-18)25-24(29)26-14-6-11-20(17-26)23(28)27-15-7-13-22(27)19-9-3-2-4-10-19/h2-5,8-10,12,16,20,22H,6-7,11,13-15,17H2,1H3,(H,25,29). The van der Waals surface area contributed by atoms with Crippen molar-refractivity contribution >= 4 is 17.6 Å². The van der Waals surface area contributed by atoms with Gasteiger partial charge in [-0.05, 0) is 55.9 Å². The van der Waals surface area contributed by atoms with Crippen molar-refractivity contribution in [1.82, 2.24) is 9.80 Å². The van der Waals surface area contributed by atoms with E-state index >= 15 is 0 Å². The minimum atomic E-state index is -0.117. The first-order valence-electron chi connectivity index (χ1n) is 10.6. The zero-order valence-electron chi connectivity index (χ0n) is 17.0.